The predicted octanol–water partition coefficient (Wildman–Crippen LogP) is 2.93. The van der Waals surface area contributed by atoms with Crippen LogP contribution in [0, 0.1) is 0 Å². The van der Waals surface area contributed by atoms with Crippen molar-refractivity contribution < 1.29 is 9.53 Å². The van der Waals surface area contributed by atoms with Crippen LogP contribution in [0.2, 0.25) is 0 Å². The zero-order chi connectivity index (χ0) is 14.8. The lowest BCUT2D eigenvalue weighted by Gasteiger charge is -2.28. The maximum Gasteiger partial charge on any atom is 0.256 e. The number of pyridine rings is 1. The molecule has 2 heterocycles. The number of nitrogens with zero attached hydrogens (tertiary/aromatic N) is 2. The number of amides is 1. The standard InChI is InChI=1S/C15H14BrN3O2/c1-19-6-7-21-14-3-2-10(8-13(14)19)18-15(20)11-4-5-17-9-12(11)16/h2-5,8-9H,6-7H2,1H3,(H,18,20). The zero-order valence-electron chi connectivity index (χ0n) is 11.5. The molecule has 1 aromatic heterocycles. The highest BCUT2D eigenvalue weighted by atomic mass is 79.9. The highest BCUT2D eigenvalue weighted by Gasteiger charge is 2.16. The van der Waals surface area contributed by atoms with E-state index in [0.29, 0.717) is 16.6 Å². The van der Waals surface area contributed by atoms with Crippen molar-refractivity contribution in [2.45, 2.75) is 0 Å². The number of fused-ring (bicyclic) bond motifs is 1. The average Bonchev–Trinajstić information content (AvgIpc) is 2.48. The number of hydrogen-bond donors (Lipinski definition) is 1. The first-order chi connectivity index (χ1) is 10.1. The van der Waals surface area contributed by atoms with Crippen LogP contribution in [0.1, 0.15) is 10.4 Å². The molecule has 5 nitrogen and oxygen atoms in total. The number of ether oxygens (including phenoxy) is 1. The smallest absolute Gasteiger partial charge is 0.256 e. The number of nitrogens with one attached hydrogen (secondary N) is 1. The minimum atomic E-state index is -0.177. The molecule has 6 heteroatoms. The first-order valence-electron chi connectivity index (χ1n) is 6.54. The molecule has 0 saturated heterocycles. The van der Waals surface area contributed by atoms with Crippen LogP contribution >= 0.6 is 15.9 Å². The third-order valence-corrected chi connectivity index (χ3v) is 3.96. The molecule has 1 amide bonds. The molecule has 1 aromatic carbocycles. The van der Waals surface area contributed by atoms with Gasteiger partial charge in [0.15, 0.2) is 0 Å². The van der Waals surface area contributed by atoms with Crippen molar-refractivity contribution in [1.29, 1.82) is 0 Å². The van der Waals surface area contributed by atoms with Gasteiger partial charge in [-0.2, -0.15) is 0 Å². The van der Waals surface area contributed by atoms with Crippen molar-refractivity contribution in [2.75, 3.05) is 30.4 Å². The predicted molar refractivity (Wildman–Crippen MR) is 85.1 cm³/mol. The molecule has 0 radical (unpaired) electrons. The number of likely N-dealkylation sites (N-methyl/N-ethyl adjacent to an activating group) is 1. The molecule has 0 unspecified atom stereocenters. The monoisotopic (exact) mass is 347 g/mol. The number of benzene rings is 1. The Morgan fingerprint density at radius 1 is 1.43 bits per heavy atom. The van der Waals surface area contributed by atoms with Crippen LogP contribution in [-0.2, 0) is 0 Å². The lowest BCUT2D eigenvalue weighted by Crippen LogP contribution is -2.28. The molecule has 1 aliphatic rings. The largest absolute Gasteiger partial charge is 0.490 e. The SMILES string of the molecule is CN1CCOc2ccc(NC(=O)c3ccncc3Br)cc21. The van der Waals surface area contributed by atoms with Crippen LogP contribution < -0.4 is 15.0 Å². The number of carbonyl (C=O) groups excluding carboxylic acids is 1. The first-order valence-corrected chi connectivity index (χ1v) is 7.33. The van der Waals surface area contributed by atoms with Crippen molar-refractivity contribution in [3.63, 3.8) is 0 Å². The topological polar surface area (TPSA) is 54.5 Å². The van der Waals surface area contributed by atoms with Gasteiger partial charge < -0.3 is 15.0 Å². The Bertz CT molecular complexity index is 690. The van der Waals surface area contributed by atoms with Gasteiger partial charge in [0.25, 0.3) is 5.91 Å². The van der Waals surface area contributed by atoms with E-state index in [1.165, 1.54) is 0 Å². The molecular weight excluding hydrogens is 334 g/mol. The van der Waals surface area contributed by atoms with Crippen molar-refractivity contribution in [3.05, 3.63) is 46.7 Å². The maximum atomic E-state index is 12.3. The van der Waals surface area contributed by atoms with E-state index >= 15 is 0 Å². The number of rotatable bonds is 2. The van der Waals surface area contributed by atoms with Gasteiger partial charge >= 0.3 is 0 Å². The summed E-state index contributed by atoms with van der Waals surface area (Å²) in [6.07, 6.45) is 3.19. The molecule has 0 fully saturated rings. The molecule has 0 atom stereocenters. The van der Waals surface area contributed by atoms with E-state index < -0.39 is 0 Å². The Morgan fingerprint density at radius 2 is 2.29 bits per heavy atom. The zero-order valence-corrected chi connectivity index (χ0v) is 13.1. The maximum absolute atomic E-state index is 12.3. The van der Waals surface area contributed by atoms with E-state index in [1.54, 1.807) is 18.5 Å². The first kappa shape index (κ1) is 13.9. The molecule has 0 aliphatic carbocycles. The molecule has 2 aromatic rings. The Labute approximate surface area is 131 Å². The van der Waals surface area contributed by atoms with E-state index in [-0.39, 0.29) is 5.91 Å². The summed E-state index contributed by atoms with van der Waals surface area (Å²) in [5, 5.41) is 2.89. The van der Waals surface area contributed by atoms with Crippen molar-refractivity contribution in [1.82, 2.24) is 4.98 Å². The Morgan fingerprint density at radius 3 is 3.10 bits per heavy atom. The molecule has 0 saturated carbocycles. The van der Waals surface area contributed by atoms with E-state index in [2.05, 4.69) is 31.1 Å². The van der Waals surface area contributed by atoms with Gasteiger partial charge in [0, 0.05) is 29.6 Å². The Hall–Kier alpha value is -2.08. The highest BCUT2D eigenvalue weighted by molar-refractivity contribution is 9.10. The van der Waals surface area contributed by atoms with Crippen LogP contribution in [0.3, 0.4) is 0 Å². The lowest BCUT2D eigenvalue weighted by molar-refractivity contribution is 0.102. The van der Waals surface area contributed by atoms with Gasteiger partial charge in [0.1, 0.15) is 12.4 Å². The number of aromatic nitrogens is 1. The fourth-order valence-electron chi connectivity index (χ4n) is 2.19. The third kappa shape index (κ3) is 2.85. The second-order valence-electron chi connectivity index (χ2n) is 4.76. The molecule has 0 bridgehead atoms. The van der Waals surface area contributed by atoms with E-state index in [4.69, 9.17) is 4.74 Å². The van der Waals surface area contributed by atoms with Crippen LogP contribution in [0.5, 0.6) is 5.75 Å². The minimum absolute atomic E-state index is 0.177. The Kier molecular flexibility index (Phi) is 3.79. The van der Waals surface area contributed by atoms with Crippen molar-refractivity contribution >= 4 is 33.2 Å². The summed E-state index contributed by atoms with van der Waals surface area (Å²) in [5.41, 5.74) is 2.26. The molecule has 1 N–H and O–H groups in total. The number of hydrogen-bond acceptors (Lipinski definition) is 4. The summed E-state index contributed by atoms with van der Waals surface area (Å²) >= 11 is 3.33. The summed E-state index contributed by atoms with van der Waals surface area (Å²) in [6, 6.07) is 7.31. The highest BCUT2D eigenvalue weighted by Crippen LogP contribution is 2.33. The van der Waals surface area contributed by atoms with E-state index in [9.17, 15) is 4.79 Å². The van der Waals surface area contributed by atoms with Crippen molar-refractivity contribution in [2.24, 2.45) is 0 Å². The molecule has 1 aliphatic heterocycles. The molecule has 21 heavy (non-hydrogen) atoms. The average molecular weight is 348 g/mol. The second kappa shape index (κ2) is 5.73. The fourth-order valence-corrected chi connectivity index (χ4v) is 2.62. The quantitative estimate of drug-likeness (QED) is 0.907. The molecule has 3 rings (SSSR count). The van der Waals surface area contributed by atoms with Gasteiger partial charge in [0.05, 0.1) is 17.8 Å². The molecule has 0 spiro atoms. The minimum Gasteiger partial charge on any atom is -0.490 e. The van der Waals surface area contributed by atoms with Crippen LogP contribution in [0.25, 0.3) is 0 Å². The number of carbonyl (C=O) groups is 1. The van der Waals surface area contributed by atoms with Crippen molar-refractivity contribution in [3.8, 4) is 5.75 Å². The van der Waals surface area contributed by atoms with Gasteiger partial charge in [-0.1, -0.05) is 0 Å². The van der Waals surface area contributed by atoms with Crippen LogP contribution in [0.15, 0.2) is 41.1 Å². The van der Waals surface area contributed by atoms with Crippen LogP contribution in [0.4, 0.5) is 11.4 Å². The van der Waals surface area contributed by atoms with Gasteiger partial charge in [-0.05, 0) is 40.2 Å². The Balaban J connectivity index is 1.84. The summed E-state index contributed by atoms with van der Waals surface area (Å²) in [6.45, 7) is 1.51. The van der Waals surface area contributed by atoms with Crippen LogP contribution in [-0.4, -0.2) is 31.1 Å². The van der Waals surface area contributed by atoms with Gasteiger partial charge in [-0.15, -0.1) is 0 Å². The second-order valence-corrected chi connectivity index (χ2v) is 5.62. The lowest BCUT2D eigenvalue weighted by atomic mass is 10.2. The summed E-state index contributed by atoms with van der Waals surface area (Å²) in [4.78, 5) is 18.3. The number of anilines is 2. The van der Waals surface area contributed by atoms with Gasteiger partial charge in [-0.3, -0.25) is 9.78 Å². The summed E-state index contributed by atoms with van der Waals surface area (Å²) < 4.78 is 6.25. The normalized spacial score (nSPS) is 13.3. The fraction of sp³-hybridized carbons (Fsp3) is 0.200. The van der Waals surface area contributed by atoms with E-state index in [1.807, 2.05) is 25.2 Å². The van der Waals surface area contributed by atoms with Gasteiger partial charge in [0.2, 0.25) is 0 Å². The van der Waals surface area contributed by atoms with E-state index in [0.717, 1.165) is 23.7 Å². The third-order valence-electron chi connectivity index (χ3n) is 3.33. The van der Waals surface area contributed by atoms with Gasteiger partial charge in [-0.25, -0.2) is 0 Å². The number of halogens is 1. The molecular formula is C15H14BrN3O2. The summed E-state index contributed by atoms with van der Waals surface area (Å²) in [5.74, 6) is 0.662. The summed E-state index contributed by atoms with van der Waals surface area (Å²) in [7, 11) is 2.01. The molecule has 108 valence electrons.